The van der Waals surface area contributed by atoms with Crippen LogP contribution in [-0.2, 0) is 14.1 Å². The average Bonchev–Trinajstić information content (AvgIpc) is 3.16. The lowest BCUT2D eigenvalue weighted by molar-refractivity contribution is -0.132. The Hall–Kier alpha value is -2.04. The van der Waals surface area contributed by atoms with Crippen LogP contribution < -0.4 is 4.74 Å². The van der Waals surface area contributed by atoms with E-state index in [1.165, 1.54) is 0 Å². The molecule has 0 saturated carbocycles. The molecule has 1 amide bonds. The third-order valence-electron chi connectivity index (χ3n) is 5.56. The zero-order chi connectivity index (χ0) is 18.9. The standard InChI is InChI=1S/C19H25BN2O4/c1-18(2)19(3,4)26-20(25-18)15-8-9-22(12-15)17(23)13-24-16-7-5-6-14(10-16)11-21/h5-7,10,15H,8-9,12-13H2,1-4H3. The summed E-state index contributed by atoms with van der Waals surface area (Å²) in [5, 5.41) is 8.91. The van der Waals surface area contributed by atoms with E-state index in [-0.39, 0.29) is 36.7 Å². The van der Waals surface area contributed by atoms with E-state index in [0.717, 1.165) is 6.42 Å². The van der Waals surface area contributed by atoms with Gasteiger partial charge in [-0.3, -0.25) is 4.79 Å². The van der Waals surface area contributed by atoms with Gasteiger partial charge in [0.25, 0.3) is 5.91 Å². The molecule has 2 saturated heterocycles. The molecule has 1 aromatic carbocycles. The molecule has 7 heteroatoms. The molecule has 2 heterocycles. The molecular weight excluding hydrogens is 331 g/mol. The molecule has 2 aliphatic rings. The summed E-state index contributed by atoms with van der Waals surface area (Å²) in [6.45, 7) is 9.39. The first-order chi connectivity index (χ1) is 12.2. The number of benzene rings is 1. The molecule has 0 N–H and O–H groups in total. The predicted molar refractivity (Wildman–Crippen MR) is 97.7 cm³/mol. The lowest BCUT2D eigenvalue weighted by Crippen LogP contribution is -2.41. The summed E-state index contributed by atoms with van der Waals surface area (Å²) in [7, 11) is -0.286. The van der Waals surface area contributed by atoms with E-state index in [2.05, 4.69) is 6.07 Å². The third kappa shape index (κ3) is 3.72. The minimum Gasteiger partial charge on any atom is -0.484 e. The van der Waals surface area contributed by atoms with Gasteiger partial charge in [0.2, 0.25) is 0 Å². The maximum absolute atomic E-state index is 12.4. The number of hydrogen-bond donors (Lipinski definition) is 0. The molecule has 0 radical (unpaired) electrons. The molecule has 3 rings (SSSR count). The highest BCUT2D eigenvalue weighted by atomic mass is 16.7. The van der Waals surface area contributed by atoms with E-state index >= 15 is 0 Å². The zero-order valence-electron chi connectivity index (χ0n) is 15.8. The minimum atomic E-state index is -0.357. The van der Waals surface area contributed by atoms with Gasteiger partial charge in [-0.25, -0.2) is 0 Å². The molecule has 0 bridgehead atoms. The molecule has 1 atom stereocenters. The van der Waals surface area contributed by atoms with Crippen LogP contribution in [0.15, 0.2) is 24.3 Å². The summed E-state index contributed by atoms with van der Waals surface area (Å²) in [4.78, 5) is 14.2. The lowest BCUT2D eigenvalue weighted by Gasteiger charge is -2.32. The Balaban J connectivity index is 1.52. The van der Waals surface area contributed by atoms with E-state index in [1.54, 1.807) is 29.2 Å². The molecule has 2 fully saturated rings. The number of amides is 1. The third-order valence-corrected chi connectivity index (χ3v) is 5.56. The van der Waals surface area contributed by atoms with E-state index < -0.39 is 0 Å². The van der Waals surface area contributed by atoms with Gasteiger partial charge in [0.15, 0.2) is 6.61 Å². The molecule has 6 nitrogen and oxygen atoms in total. The normalized spacial score (nSPS) is 23.7. The Morgan fingerprint density at radius 3 is 2.69 bits per heavy atom. The summed E-state index contributed by atoms with van der Waals surface area (Å²) in [6.07, 6.45) is 0.854. The average molecular weight is 356 g/mol. The van der Waals surface area contributed by atoms with E-state index in [4.69, 9.17) is 19.3 Å². The number of ether oxygens (including phenoxy) is 1. The smallest absolute Gasteiger partial charge is 0.463 e. The van der Waals surface area contributed by atoms with Crippen molar-refractivity contribution in [3.05, 3.63) is 29.8 Å². The number of carbonyl (C=O) groups excluding carboxylic acids is 1. The second-order valence-corrected chi connectivity index (χ2v) is 7.94. The van der Waals surface area contributed by atoms with Crippen LogP contribution in [0.4, 0.5) is 0 Å². The van der Waals surface area contributed by atoms with Gasteiger partial charge in [0, 0.05) is 18.9 Å². The number of rotatable bonds is 4. The topological polar surface area (TPSA) is 71.8 Å². The first kappa shape index (κ1) is 18.7. The highest BCUT2D eigenvalue weighted by molar-refractivity contribution is 6.47. The molecule has 0 spiro atoms. The van der Waals surface area contributed by atoms with E-state index in [0.29, 0.717) is 24.4 Å². The van der Waals surface area contributed by atoms with Crippen molar-refractivity contribution in [2.75, 3.05) is 19.7 Å². The number of hydrogen-bond acceptors (Lipinski definition) is 5. The Kier molecular flexibility index (Phi) is 5.00. The van der Waals surface area contributed by atoms with Gasteiger partial charge >= 0.3 is 7.12 Å². The van der Waals surface area contributed by atoms with Gasteiger partial charge in [-0.15, -0.1) is 0 Å². The van der Waals surface area contributed by atoms with Crippen molar-refractivity contribution >= 4 is 13.0 Å². The highest BCUT2D eigenvalue weighted by Crippen LogP contribution is 2.42. The van der Waals surface area contributed by atoms with Crippen LogP contribution in [0.25, 0.3) is 0 Å². The maximum Gasteiger partial charge on any atom is 0.463 e. The van der Waals surface area contributed by atoms with E-state index in [9.17, 15) is 4.79 Å². The van der Waals surface area contributed by atoms with Crippen LogP contribution >= 0.6 is 0 Å². The van der Waals surface area contributed by atoms with Crippen LogP contribution in [0, 0.1) is 11.3 Å². The van der Waals surface area contributed by atoms with Crippen LogP contribution in [0.2, 0.25) is 5.82 Å². The first-order valence-electron chi connectivity index (χ1n) is 8.98. The van der Waals surface area contributed by atoms with Gasteiger partial charge in [-0.1, -0.05) is 6.07 Å². The number of nitrogens with zero attached hydrogens (tertiary/aromatic N) is 2. The van der Waals surface area contributed by atoms with Crippen LogP contribution in [-0.4, -0.2) is 48.8 Å². The first-order valence-corrected chi connectivity index (χ1v) is 8.98. The SMILES string of the molecule is CC1(C)OB(C2CCN(C(=O)COc3cccc(C#N)c3)C2)OC1(C)C. The van der Waals surface area contributed by atoms with Gasteiger partial charge in [-0.05, 0) is 52.3 Å². The molecule has 1 aromatic rings. The van der Waals surface area contributed by atoms with Crippen LogP contribution in [0.3, 0.4) is 0 Å². The quantitative estimate of drug-likeness (QED) is 0.776. The van der Waals surface area contributed by atoms with Crippen molar-refractivity contribution < 1.29 is 18.8 Å². The fraction of sp³-hybridized carbons (Fsp3) is 0.579. The number of likely N-dealkylation sites (tertiary alicyclic amines) is 1. The van der Waals surface area contributed by atoms with E-state index in [1.807, 2.05) is 27.7 Å². The minimum absolute atomic E-state index is 0.0367. The Labute approximate surface area is 155 Å². The number of nitriles is 1. The molecule has 0 aromatic heterocycles. The summed E-state index contributed by atoms with van der Waals surface area (Å²) < 4.78 is 17.8. The molecule has 26 heavy (non-hydrogen) atoms. The van der Waals surface area contributed by atoms with Gasteiger partial charge in [0.05, 0.1) is 22.8 Å². The molecule has 138 valence electrons. The van der Waals surface area contributed by atoms with Gasteiger partial charge in [-0.2, -0.15) is 5.26 Å². The largest absolute Gasteiger partial charge is 0.484 e. The Bertz CT molecular complexity index is 712. The lowest BCUT2D eigenvalue weighted by atomic mass is 9.71. The second-order valence-electron chi connectivity index (χ2n) is 7.94. The molecule has 2 aliphatic heterocycles. The summed E-state index contributed by atoms with van der Waals surface area (Å²) in [5.41, 5.74) is -0.203. The Morgan fingerprint density at radius 2 is 2.04 bits per heavy atom. The van der Waals surface area contributed by atoms with Crippen LogP contribution in [0.5, 0.6) is 5.75 Å². The van der Waals surface area contributed by atoms with Crippen molar-refractivity contribution in [2.45, 2.75) is 51.1 Å². The molecule has 1 unspecified atom stereocenters. The summed E-state index contributed by atoms with van der Waals surface area (Å²) in [6, 6.07) is 8.87. The van der Waals surface area contributed by atoms with Crippen LogP contribution in [0.1, 0.15) is 39.7 Å². The summed E-state index contributed by atoms with van der Waals surface area (Å²) in [5.74, 6) is 0.632. The van der Waals surface area contributed by atoms with Crippen molar-refractivity contribution in [1.82, 2.24) is 4.90 Å². The zero-order valence-corrected chi connectivity index (χ0v) is 15.8. The van der Waals surface area contributed by atoms with Gasteiger partial charge in [0.1, 0.15) is 5.75 Å². The predicted octanol–water partition coefficient (Wildman–Crippen LogP) is 2.63. The molecular formula is C19H25BN2O4. The van der Waals surface area contributed by atoms with Gasteiger partial charge < -0.3 is 18.9 Å². The molecule has 0 aliphatic carbocycles. The van der Waals surface area contributed by atoms with Crippen molar-refractivity contribution in [3.8, 4) is 11.8 Å². The van der Waals surface area contributed by atoms with Crippen molar-refractivity contribution in [1.29, 1.82) is 5.26 Å². The highest BCUT2D eigenvalue weighted by Gasteiger charge is 2.54. The second kappa shape index (κ2) is 6.94. The number of carbonyl (C=O) groups is 1. The monoisotopic (exact) mass is 356 g/mol. The summed E-state index contributed by atoms with van der Waals surface area (Å²) >= 11 is 0. The van der Waals surface area contributed by atoms with Crippen molar-refractivity contribution in [2.24, 2.45) is 0 Å². The fourth-order valence-electron chi connectivity index (χ4n) is 3.21. The van der Waals surface area contributed by atoms with Crippen molar-refractivity contribution in [3.63, 3.8) is 0 Å². The maximum atomic E-state index is 12.4. The fourth-order valence-corrected chi connectivity index (χ4v) is 3.21. The Morgan fingerprint density at radius 1 is 1.35 bits per heavy atom.